The Bertz CT molecular complexity index is 1040. The van der Waals surface area contributed by atoms with Crippen molar-refractivity contribution in [1.82, 2.24) is 15.0 Å². The standard InChI is InChI=1S/C21H20F2N4O3/c1-2-29-15-8-6-14(7-9-15)24-21(28)27-11-3-4-18(27)20-25-19(26-30-20)16-10-5-13(22)12-17(16)23/h5-10,12,18H,2-4,11H2,1H3,(H,24,28)/t18-/m1/s1. The second-order valence-electron chi connectivity index (χ2n) is 6.82. The van der Waals surface area contributed by atoms with Crippen molar-refractivity contribution in [2.24, 2.45) is 0 Å². The number of benzene rings is 2. The molecular formula is C21H20F2N4O3. The largest absolute Gasteiger partial charge is 0.494 e. The van der Waals surface area contributed by atoms with Gasteiger partial charge < -0.3 is 19.5 Å². The van der Waals surface area contributed by atoms with Crippen LogP contribution in [0.1, 0.15) is 31.7 Å². The summed E-state index contributed by atoms with van der Waals surface area (Å²) in [5, 5.41) is 6.65. The molecule has 0 aliphatic carbocycles. The lowest BCUT2D eigenvalue weighted by Crippen LogP contribution is -2.34. The van der Waals surface area contributed by atoms with E-state index >= 15 is 0 Å². The maximum Gasteiger partial charge on any atom is 0.322 e. The number of ether oxygens (including phenoxy) is 1. The van der Waals surface area contributed by atoms with Crippen LogP contribution in [-0.4, -0.2) is 34.2 Å². The number of aromatic nitrogens is 2. The van der Waals surface area contributed by atoms with Crippen LogP contribution in [0.3, 0.4) is 0 Å². The summed E-state index contributed by atoms with van der Waals surface area (Å²) in [5.41, 5.74) is 0.670. The quantitative estimate of drug-likeness (QED) is 0.650. The topological polar surface area (TPSA) is 80.5 Å². The van der Waals surface area contributed by atoms with Crippen LogP contribution >= 0.6 is 0 Å². The molecule has 2 aromatic carbocycles. The summed E-state index contributed by atoms with van der Waals surface area (Å²) in [6, 6.07) is 9.51. The maximum atomic E-state index is 14.0. The van der Waals surface area contributed by atoms with Gasteiger partial charge in [0.2, 0.25) is 11.7 Å². The number of nitrogens with zero attached hydrogens (tertiary/aromatic N) is 3. The Kier molecular flexibility index (Phi) is 5.60. The van der Waals surface area contributed by atoms with E-state index in [9.17, 15) is 13.6 Å². The summed E-state index contributed by atoms with van der Waals surface area (Å²) in [5.74, 6) is -0.512. The molecule has 0 spiro atoms. The molecule has 7 nitrogen and oxygen atoms in total. The number of urea groups is 1. The lowest BCUT2D eigenvalue weighted by Gasteiger charge is -2.22. The van der Waals surface area contributed by atoms with Crippen molar-refractivity contribution in [2.45, 2.75) is 25.8 Å². The molecule has 3 aromatic rings. The van der Waals surface area contributed by atoms with Crippen LogP contribution in [0.15, 0.2) is 47.0 Å². The first-order chi connectivity index (χ1) is 14.5. The third-order valence-electron chi connectivity index (χ3n) is 4.83. The van der Waals surface area contributed by atoms with E-state index in [0.29, 0.717) is 25.3 Å². The smallest absolute Gasteiger partial charge is 0.322 e. The van der Waals surface area contributed by atoms with Gasteiger partial charge in [0, 0.05) is 18.3 Å². The molecule has 4 rings (SSSR count). The van der Waals surface area contributed by atoms with Crippen molar-refractivity contribution in [3.8, 4) is 17.1 Å². The molecule has 0 radical (unpaired) electrons. The molecule has 1 aliphatic heterocycles. The molecule has 2 heterocycles. The van der Waals surface area contributed by atoms with Crippen molar-refractivity contribution in [1.29, 1.82) is 0 Å². The third-order valence-corrected chi connectivity index (χ3v) is 4.83. The number of nitrogens with one attached hydrogen (secondary N) is 1. The second-order valence-corrected chi connectivity index (χ2v) is 6.82. The average molecular weight is 414 g/mol. The van der Waals surface area contributed by atoms with Crippen molar-refractivity contribution < 1.29 is 22.8 Å². The summed E-state index contributed by atoms with van der Waals surface area (Å²) in [6.45, 7) is 2.99. The fraction of sp³-hybridized carbons (Fsp3) is 0.286. The molecule has 2 amide bonds. The van der Waals surface area contributed by atoms with Gasteiger partial charge in [-0.05, 0) is 56.2 Å². The average Bonchev–Trinajstić information content (AvgIpc) is 3.39. The number of amides is 2. The van der Waals surface area contributed by atoms with E-state index in [-0.39, 0.29) is 23.3 Å². The Morgan fingerprint density at radius 2 is 2.07 bits per heavy atom. The maximum absolute atomic E-state index is 14.0. The monoisotopic (exact) mass is 414 g/mol. The van der Waals surface area contributed by atoms with Gasteiger partial charge in [0.15, 0.2) is 0 Å². The molecule has 1 fully saturated rings. The molecule has 0 saturated carbocycles. The van der Waals surface area contributed by atoms with Crippen LogP contribution in [-0.2, 0) is 0 Å². The van der Waals surface area contributed by atoms with Crippen molar-refractivity contribution in [3.63, 3.8) is 0 Å². The van der Waals surface area contributed by atoms with E-state index in [0.717, 1.165) is 24.3 Å². The van der Waals surface area contributed by atoms with E-state index in [4.69, 9.17) is 9.26 Å². The number of likely N-dealkylation sites (tertiary alicyclic amines) is 1. The Balaban J connectivity index is 1.48. The first kappa shape index (κ1) is 19.8. The number of hydrogen-bond donors (Lipinski definition) is 1. The molecule has 0 unspecified atom stereocenters. The molecule has 1 saturated heterocycles. The van der Waals surface area contributed by atoms with Crippen LogP contribution in [0.25, 0.3) is 11.4 Å². The molecular weight excluding hydrogens is 394 g/mol. The zero-order valence-electron chi connectivity index (χ0n) is 16.3. The Morgan fingerprint density at radius 1 is 1.27 bits per heavy atom. The lowest BCUT2D eigenvalue weighted by molar-refractivity contribution is 0.193. The number of carbonyl (C=O) groups is 1. The second kappa shape index (κ2) is 8.48. The Morgan fingerprint density at radius 3 is 2.80 bits per heavy atom. The zero-order valence-corrected chi connectivity index (χ0v) is 16.3. The van der Waals surface area contributed by atoms with Crippen LogP contribution < -0.4 is 10.1 Å². The number of carbonyl (C=O) groups excluding carboxylic acids is 1. The summed E-state index contributed by atoms with van der Waals surface area (Å²) >= 11 is 0. The Labute approximate surface area is 171 Å². The fourth-order valence-electron chi connectivity index (χ4n) is 3.41. The van der Waals surface area contributed by atoms with Gasteiger partial charge in [0.05, 0.1) is 12.2 Å². The van der Waals surface area contributed by atoms with Crippen LogP contribution in [0.5, 0.6) is 5.75 Å². The third kappa shape index (κ3) is 4.10. The van der Waals surface area contributed by atoms with Crippen molar-refractivity contribution in [2.75, 3.05) is 18.5 Å². The van der Waals surface area contributed by atoms with E-state index in [1.165, 1.54) is 6.07 Å². The van der Waals surface area contributed by atoms with E-state index in [1.54, 1.807) is 29.2 Å². The van der Waals surface area contributed by atoms with Crippen LogP contribution in [0.4, 0.5) is 19.3 Å². The first-order valence-corrected chi connectivity index (χ1v) is 9.64. The summed E-state index contributed by atoms with van der Waals surface area (Å²) in [7, 11) is 0. The zero-order chi connectivity index (χ0) is 21.1. The normalized spacial score (nSPS) is 16.0. The highest BCUT2D eigenvalue weighted by Crippen LogP contribution is 2.33. The van der Waals surface area contributed by atoms with Crippen LogP contribution in [0.2, 0.25) is 0 Å². The van der Waals surface area contributed by atoms with E-state index in [1.807, 2.05) is 6.92 Å². The highest BCUT2D eigenvalue weighted by Gasteiger charge is 2.34. The van der Waals surface area contributed by atoms with Gasteiger partial charge in [-0.25, -0.2) is 13.6 Å². The summed E-state index contributed by atoms with van der Waals surface area (Å²) in [4.78, 5) is 18.6. The van der Waals surface area contributed by atoms with Gasteiger partial charge >= 0.3 is 6.03 Å². The molecule has 1 N–H and O–H groups in total. The van der Waals surface area contributed by atoms with Crippen molar-refractivity contribution >= 4 is 11.7 Å². The number of hydrogen-bond acceptors (Lipinski definition) is 5. The van der Waals surface area contributed by atoms with Crippen LogP contribution in [0, 0.1) is 11.6 Å². The number of halogens is 2. The molecule has 30 heavy (non-hydrogen) atoms. The molecule has 1 atom stereocenters. The molecule has 9 heteroatoms. The van der Waals surface area contributed by atoms with Gasteiger partial charge in [-0.1, -0.05) is 5.16 Å². The highest BCUT2D eigenvalue weighted by molar-refractivity contribution is 5.89. The van der Waals surface area contributed by atoms with Gasteiger partial charge in [-0.2, -0.15) is 4.98 Å². The minimum Gasteiger partial charge on any atom is -0.494 e. The lowest BCUT2D eigenvalue weighted by atomic mass is 10.2. The SMILES string of the molecule is CCOc1ccc(NC(=O)N2CCC[C@@H]2c2nc(-c3ccc(F)cc3F)no2)cc1. The first-order valence-electron chi connectivity index (χ1n) is 9.64. The highest BCUT2D eigenvalue weighted by atomic mass is 19.1. The number of anilines is 1. The fourth-order valence-corrected chi connectivity index (χ4v) is 3.41. The van der Waals surface area contributed by atoms with E-state index < -0.39 is 17.7 Å². The minimum absolute atomic E-state index is 0.0151. The molecule has 0 bridgehead atoms. The predicted molar refractivity (Wildman–Crippen MR) is 105 cm³/mol. The Hall–Kier alpha value is -3.49. The van der Waals surface area contributed by atoms with E-state index in [2.05, 4.69) is 15.5 Å². The predicted octanol–water partition coefficient (Wildman–Crippen LogP) is 4.78. The minimum atomic E-state index is -0.779. The summed E-state index contributed by atoms with van der Waals surface area (Å²) in [6.07, 6.45) is 1.41. The van der Waals surface area contributed by atoms with Gasteiger partial charge in [0.25, 0.3) is 0 Å². The van der Waals surface area contributed by atoms with Gasteiger partial charge in [-0.15, -0.1) is 0 Å². The molecule has 1 aromatic heterocycles. The summed E-state index contributed by atoms with van der Waals surface area (Å²) < 4.78 is 37.8. The van der Waals surface area contributed by atoms with Gasteiger partial charge in [-0.3, -0.25) is 0 Å². The number of rotatable bonds is 5. The van der Waals surface area contributed by atoms with Gasteiger partial charge in [0.1, 0.15) is 23.4 Å². The van der Waals surface area contributed by atoms with Crippen molar-refractivity contribution in [3.05, 3.63) is 60.0 Å². The molecule has 156 valence electrons. The molecule has 1 aliphatic rings.